The monoisotopic (exact) mass is 176 g/mol. The average Bonchev–Trinajstić information content (AvgIpc) is 2.22. The molecule has 2 nitrogen and oxygen atoms in total. The zero-order valence-corrected chi connectivity index (χ0v) is 8.14. The molecule has 2 heteroatoms. The van der Waals surface area contributed by atoms with Crippen LogP contribution in [0.3, 0.4) is 0 Å². The molecule has 0 unspecified atom stereocenters. The van der Waals surface area contributed by atoms with Crippen molar-refractivity contribution in [2.75, 3.05) is 0 Å². The first-order valence-corrected chi connectivity index (χ1v) is 4.66. The number of aryl methyl sites for hydroxylation is 2. The number of nitrogens with one attached hydrogen (secondary N) is 1. The average molecular weight is 176 g/mol. The maximum absolute atomic E-state index is 5.50. The Labute approximate surface area is 79.5 Å². The molecule has 1 heterocycles. The van der Waals surface area contributed by atoms with Crippen LogP contribution in [0.2, 0.25) is 0 Å². The van der Waals surface area contributed by atoms with E-state index in [0.717, 1.165) is 0 Å². The van der Waals surface area contributed by atoms with Crippen molar-refractivity contribution < 1.29 is 0 Å². The van der Waals surface area contributed by atoms with Crippen molar-refractivity contribution in [2.24, 2.45) is 0 Å². The third-order valence-corrected chi connectivity index (χ3v) is 2.47. The van der Waals surface area contributed by atoms with Crippen LogP contribution in [0, 0.1) is 12.3 Å². The highest BCUT2D eigenvalue weighted by molar-refractivity contribution is 5.30. The van der Waals surface area contributed by atoms with Crippen LogP contribution in [0.1, 0.15) is 29.7 Å². The topological polar surface area (TPSA) is 36.7 Å². The third-order valence-electron chi connectivity index (χ3n) is 2.47. The second kappa shape index (κ2) is 4.75. The molecule has 0 spiro atoms. The molecular weight excluding hydrogens is 160 g/mol. The molecule has 1 aliphatic carbocycles. The summed E-state index contributed by atoms with van der Waals surface area (Å²) in [5.41, 5.74) is 4.28. The van der Waals surface area contributed by atoms with E-state index in [1.807, 2.05) is 6.20 Å². The fourth-order valence-corrected chi connectivity index (χ4v) is 1.80. The highest BCUT2D eigenvalue weighted by Crippen LogP contribution is 2.21. The van der Waals surface area contributed by atoms with Gasteiger partial charge in [0.25, 0.3) is 0 Å². The van der Waals surface area contributed by atoms with E-state index in [1.165, 1.54) is 42.5 Å². The Morgan fingerprint density at radius 1 is 1.31 bits per heavy atom. The molecule has 0 bridgehead atoms. The normalized spacial score (nSPS) is 13.9. The molecule has 13 heavy (non-hydrogen) atoms. The zero-order chi connectivity index (χ0) is 9.68. The first-order chi connectivity index (χ1) is 6.38. The molecule has 0 atom stereocenters. The van der Waals surface area contributed by atoms with Crippen molar-refractivity contribution in [3.8, 4) is 0 Å². The Balaban J connectivity index is 0.000000396. The summed E-state index contributed by atoms with van der Waals surface area (Å²) in [5.74, 6) is 0. The van der Waals surface area contributed by atoms with Gasteiger partial charge in [-0.2, -0.15) is 0 Å². The molecule has 2 rings (SSSR count). The van der Waals surface area contributed by atoms with E-state index < -0.39 is 0 Å². The van der Waals surface area contributed by atoms with Crippen LogP contribution in [0.15, 0.2) is 12.3 Å². The predicted octanol–water partition coefficient (Wildman–Crippen LogP) is 2.53. The Kier molecular flexibility index (Phi) is 3.62. The highest BCUT2D eigenvalue weighted by Gasteiger charge is 2.10. The lowest BCUT2D eigenvalue weighted by atomic mass is 9.93. The Morgan fingerprint density at radius 3 is 2.69 bits per heavy atom. The highest BCUT2D eigenvalue weighted by atomic mass is 14.7. The number of aromatic nitrogens is 1. The van der Waals surface area contributed by atoms with Crippen molar-refractivity contribution in [1.29, 1.82) is 5.41 Å². The maximum Gasteiger partial charge on any atom is 0.0438 e. The summed E-state index contributed by atoms with van der Waals surface area (Å²) < 4.78 is 0. The SMILES string of the molecule is C=N.Cc1ccnc2c1CCCC2. The zero-order valence-electron chi connectivity index (χ0n) is 8.14. The van der Waals surface area contributed by atoms with Crippen LogP contribution in [0.5, 0.6) is 0 Å². The molecule has 1 N–H and O–H groups in total. The first-order valence-electron chi connectivity index (χ1n) is 4.66. The van der Waals surface area contributed by atoms with Crippen molar-refractivity contribution in [2.45, 2.75) is 32.6 Å². The van der Waals surface area contributed by atoms with Crippen LogP contribution in [-0.4, -0.2) is 11.7 Å². The first kappa shape index (κ1) is 9.90. The van der Waals surface area contributed by atoms with Gasteiger partial charge in [-0.3, -0.25) is 4.98 Å². The minimum absolute atomic E-state index is 1.19. The second-order valence-electron chi connectivity index (χ2n) is 3.26. The van der Waals surface area contributed by atoms with Crippen molar-refractivity contribution in [3.63, 3.8) is 0 Å². The summed E-state index contributed by atoms with van der Waals surface area (Å²) in [6.45, 7) is 4.69. The fourth-order valence-electron chi connectivity index (χ4n) is 1.80. The van der Waals surface area contributed by atoms with E-state index in [4.69, 9.17) is 5.41 Å². The quantitative estimate of drug-likeness (QED) is 0.606. The lowest BCUT2D eigenvalue weighted by molar-refractivity contribution is 0.664. The van der Waals surface area contributed by atoms with Gasteiger partial charge >= 0.3 is 0 Å². The van der Waals surface area contributed by atoms with Gasteiger partial charge in [0, 0.05) is 11.9 Å². The lowest BCUT2D eigenvalue weighted by Crippen LogP contribution is -2.06. The molecule has 1 aliphatic rings. The molecule has 0 amide bonds. The molecule has 0 aromatic carbocycles. The van der Waals surface area contributed by atoms with Crippen LogP contribution >= 0.6 is 0 Å². The van der Waals surface area contributed by atoms with Gasteiger partial charge in [-0.05, 0) is 56.5 Å². The molecule has 0 saturated carbocycles. The van der Waals surface area contributed by atoms with Crippen molar-refractivity contribution >= 4 is 6.72 Å². The molecule has 0 radical (unpaired) electrons. The van der Waals surface area contributed by atoms with E-state index in [9.17, 15) is 0 Å². The number of fused-ring (bicyclic) bond motifs is 1. The smallest absolute Gasteiger partial charge is 0.0438 e. The lowest BCUT2D eigenvalue weighted by Gasteiger charge is -2.15. The van der Waals surface area contributed by atoms with E-state index in [0.29, 0.717) is 0 Å². The molecule has 0 saturated heterocycles. The van der Waals surface area contributed by atoms with Gasteiger partial charge in [0.15, 0.2) is 0 Å². The number of rotatable bonds is 0. The number of hydrogen-bond acceptors (Lipinski definition) is 2. The molecule has 0 fully saturated rings. The van der Waals surface area contributed by atoms with E-state index in [2.05, 4.69) is 24.7 Å². The molecule has 70 valence electrons. The van der Waals surface area contributed by atoms with Gasteiger partial charge in [0.1, 0.15) is 0 Å². The Morgan fingerprint density at radius 2 is 2.00 bits per heavy atom. The van der Waals surface area contributed by atoms with Crippen molar-refractivity contribution in [3.05, 3.63) is 29.1 Å². The van der Waals surface area contributed by atoms with Gasteiger partial charge in [-0.1, -0.05) is 0 Å². The maximum atomic E-state index is 5.50. The summed E-state index contributed by atoms with van der Waals surface area (Å²) in [7, 11) is 0. The summed E-state index contributed by atoms with van der Waals surface area (Å²) in [4.78, 5) is 4.38. The summed E-state index contributed by atoms with van der Waals surface area (Å²) in [6.07, 6.45) is 7.04. The number of hydrogen-bond donors (Lipinski definition) is 1. The summed E-state index contributed by atoms with van der Waals surface area (Å²) >= 11 is 0. The van der Waals surface area contributed by atoms with Crippen LogP contribution < -0.4 is 0 Å². The van der Waals surface area contributed by atoms with Gasteiger partial charge in [-0.15, -0.1) is 0 Å². The third kappa shape index (κ3) is 2.14. The van der Waals surface area contributed by atoms with Crippen LogP contribution in [0.25, 0.3) is 0 Å². The predicted molar refractivity (Wildman–Crippen MR) is 55.5 cm³/mol. The second-order valence-corrected chi connectivity index (χ2v) is 3.26. The van der Waals surface area contributed by atoms with E-state index in [1.54, 1.807) is 0 Å². The number of nitrogens with zero attached hydrogens (tertiary/aromatic N) is 1. The minimum atomic E-state index is 1.19. The van der Waals surface area contributed by atoms with Gasteiger partial charge < -0.3 is 5.41 Å². The van der Waals surface area contributed by atoms with Crippen molar-refractivity contribution in [1.82, 2.24) is 4.98 Å². The minimum Gasteiger partial charge on any atom is -0.317 e. The molecule has 1 aromatic rings. The van der Waals surface area contributed by atoms with Crippen LogP contribution in [0.4, 0.5) is 0 Å². The standard InChI is InChI=1S/C10H13N.CH3N/c1-8-6-7-11-10-5-3-2-4-9(8)10;1-2/h6-7H,2-5H2,1H3;2H,1H2. The molecule has 0 aliphatic heterocycles. The van der Waals surface area contributed by atoms with Gasteiger partial charge in [0.2, 0.25) is 0 Å². The Hall–Kier alpha value is -1.18. The van der Waals surface area contributed by atoms with E-state index >= 15 is 0 Å². The molecule has 1 aromatic heterocycles. The Bertz CT molecular complexity index is 281. The molecular formula is C11H16N2. The fraction of sp³-hybridized carbons (Fsp3) is 0.455. The number of pyridine rings is 1. The largest absolute Gasteiger partial charge is 0.317 e. The van der Waals surface area contributed by atoms with E-state index in [-0.39, 0.29) is 0 Å². The van der Waals surface area contributed by atoms with Gasteiger partial charge in [0.05, 0.1) is 0 Å². The summed E-state index contributed by atoms with van der Waals surface area (Å²) in [5, 5.41) is 5.50. The van der Waals surface area contributed by atoms with Crippen LogP contribution in [-0.2, 0) is 12.8 Å². The summed E-state index contributed by atoms with van der Waals surface area (Å²) in [6, 6.07) is 2.12. The van der Waals surface area contributed by atoms with Gasteiger partial charge in [-0.25, -0.2) is 0 Å².